The summed E-state index contributed by atoms with van der Waals surface area (Å²) in [6.45, 7) is 0.614. The first-order valence-corrected chi connectivity index (χ1v) is 8.77. The summed E-state index contributed by atoms with van der Waals surface area (Å²) in [4.78, 5) is 23.6. The summed E-state index contributed by atoms with van der Waals surface area (Å²) in [5.74, 6) is -2.05. The molecular formula is C18H15Cl3FNO4. The SMILES string of the molecule is C[C@@](NC(=O)OCC(Cl)(Cl)Cl)(C(=O)O)c1ccc(-c2ccccc2)c(F)c1. The van der Waals surface area contributed by atoms with E-state index in [9.17, 15) is 19.1 Å². The fourth-order valence-corrected chi connectivity index (χ4v) is 2.48. The zero-order valence-corrected chi connectivity index (χ0v) is 16.3. The van der Waals surface area contributed by atoms with Crippen molar-refractivity contribution in [2.75, 3.05) is 6.61 Å². The zero-order chi connectivity index (χ0) is 20.2. The van der Waals surface area contributed by atoms with Gasteiger partial charge in [-0.3, -0.25) is 0 Å². The molecule has 1 amide bonds. The summed E-state index contributed by atoms with van der Waals surface area (Å²) in [5.41, 5.74) is -1.02. The number of carbonyl (C=O) groups is 2. The van der Waals surface area contributed by atoms with Crippen molar-refractivity contribution in [3.63, 3.8) is 0 Å². The number of amides is 1. The summed E-state index contributed by atoms with van der Waals surface area (Å²) < 4.78 is 17.4. The van der Waals surface area contributed by atoms with Crippen LogP contribution < -0.4 is 5.32 Å². The monoisotopic (exact) mass is 433 g/mol. The van der Waals surface area contributed by atoms with E-state index in [0.29, 0.717) is 11.1 Å². The summed E-state index contributed by atoms with van der Waals surface area (Å²) in [5, 5.41) is 11.7. The minimum absolute atomic E-state index is 0.0121. The van der Waals surface area contributed by atoms with E-state index in [1.165, 1.54) is 19.1 Å². The highest BCUT2D eigenvalue weighted by atomic mass is 35.6. The standard InChI is InChI=1S/C18H15Cl3FNO4/c1-17(15(24)25,23-16(26)27-10-18(19,20)21)12-7-8-13(14(22)9-12)11-5-3-2-4-6-11/h2-9H,10H2,1H3,(H,23,26)(H,24,25)/t17-/m0/s1. The maximum atomic E-state index is 14.6. The molecule has 5 nitrogen and oxygen atoms in total. The smallest absolute Gasteiger partial charge is 0.408 e. The minimum Gasteiger partial charge on any atom is -0.479 e. The van der Waals surface area contributed by atoms with Gasteiger partial charge in [-0.25, -0.2) is 14.0 Å². The Morgan fingerprint density at radius 1 is 1.15 bits per heavy atom. The number of alkyl halides is 3. The zero-order valence-electron chi connectivity index (χ0n) is 14.0. The summed E-state index contributed by atoms with van der Waals surface area (Å²) in [6, 6.07) is 12.7. The molecule has 0 unspecified atom stereocenters. The van der Waals surface area contributed by atoms with Crippen LogP contribution in [0.4, 0.5) is 9.18 Å². The Morgan fingerprint density at radius 2 is 1.78 bits per heavy atom. The van der Waals surface area contributed by atoms with Crippen LogP contribution in [0.2, 0.25) is 0 Å². The third-order valence-electron chi connectivity index (χ3n) is 3.78. The van der Waals surface area contributed by atoms with Crippen LogP contribution in [0.3, 0.4) is 0 Å². The van der Waals surface area contributed by atoms with E-state index in [0.717, 1.165) is 6.07 Å². The third kappa shape index (κ3) is 5.48. The van der Waals surface area contributed by atoms with Crippen LogP contribution in [0.15, 0.2) is 48.5 Å². The molecule has 0 saturated heterocycles. The van der Waals surface area contributed by atoms with Gasteiger partial charge in [-0.05, 0) is 24.1 Å². The van der Waals surface area contributed by atoms with E-state index in [4.69, 9.17) is 39.5 Å². The Hall–Kier alpha value is -2.02. The van der Waals surface area contributed by atoms with Crippen molar-refractivity contribution >= 4 is 46.9 Å². The molecule has 27 heavy (non-hydrogen) atoms. The van der Waals surface area contributed by atoms with Gasteiger partial charge >= 0.3 is 12.1 Å². The van der Waals surface area contributed by atoms with E-state index in [2.05, 4.69) is 5.32 Å². The van der Waals surface area contributed by atoms with Crippen molar-refractivity contribution in [2.45, 2.75) is 16.3 Å². The highest BCUT2D eigenvalue weighted by Gasteiger charge is 2.38. The number of ether oxygens (including phenoxy) is 1. The minimum atomic E-state index is -1.96. The molecule has 2 aromatic carbocycles. The molecule has 9 heteroatoms. The van der Waals surface area contributed by atoms with Crippen molar-refractivity contribution < 1.29 is 23.8 Å². The summed E-state index contributed by atoms with van der Waals surface area (Å²) in [6.07, 6.45) is -1.13. The average Bonchev–Trinajstić information content (AvgIpc) is 2.59. The number of alkyl carbamates (subject to hydrolysis) is 1. The normalized spacial score (nSPS) is 13.5. The molecule has 0 bridgehead atoms. The Bertz CT molecular complexity index is 842. The van der Waals surface area contributed by atoms with Gasteiger partial charge in [0.2, 0.25) is 3.79 Å². The van der Waals surface area contributed by atoms with Crippen molar-refractivity contribution in [1.29, 1.82) is 0 Å². The fraction of sp³-hybridized carbons (Fsp3) is 0.222. The van der Waals surface area contributed by atoms with Crippen molar-refractivity contribution in [3.05, 3.63) is 59.9 Å². The van der Waals surface area contributed by atoms with E-state index in [1.54, 1.807) is 30.3 Å². The molecule has 0 fully saturated rings. The van der Waals surface area contributed by atoms with Crippen LogP contribution in [-0.2, 0) is 15.1 Å². The van der Waals surface area contributed by atoms with Crippen LogP contribution in [0.1, 0.15) is 12.5 Å². The van der Waals surface area contributed by atoms with Crippen LogP contribution in [0.5, 0.6) is 0 Å². The van der Waals surface area contributed by atoms with E-state index >= 15 is 0 Å². The number of carbonyl (C=O) groups excluding carboxylic acids is 1. The molecular weight excluding hydrogens is 420 g/mol. The third-order valence-corrected chi connectivity index (χ3v) is 4.11. The molecule has 144 valence electrons. The quantitative estimate of drug-likeness (QED) is 0.657. The second kappa shape index (κ2) is 8.33. The molecule has 1 atom stereocenters. The van der Waals surface area contributed by atoms with Crippen LogP contribution >= 0.6 is 34.8 Å². The van der Waals surface area contributed by atoms with Crippen molar-refractivity contribution in [2.24, 2.45) is 0 Å². The lowest BCUT2D eigenvalue weighted by Gasteiger charge is -2.27. The van der Waals surface area contributed by atoms with Gasteiger partial charge in [0.25, 0.3) is 0 Å². The first-order chi connectivity index (χ1) is 12.5. The summed E-state index contributed by atoms with van der Waals surface area (Å²) in [7, 11) is 0. The van der Waals surface area contributed by atoms with E-state index < -0.39 is 33.8 Å². The molecule has 2 rings (SSSR count). The van der Waals surface area contributed by atoms with Crippen molar-refractivity contribution in [1.82, 2.24) is 5.32 Å². The first-order valence-electron chi connectivity index (χ1n) is 7.63. The molecule has 2 aromatic rings. The van der Waals surface area contributed by atoms with Gasteiger partial charge in [-0.1, -0.05) is 77.3 Å². The molecule has 2 N–H and O–H groups in total. The number of hydrogen-bond donors (Lipinski definition) is 2. The molecule has 0 spiro atoms. The van der Waals surface area contributed by atoms with Gasteiger partial charge in [0, 0.05) is 5.56 Å². The number of nitrogens with one attached hydrogen (secondary N) is 1. The molecule has 0 aliphatic heterocycles. The lowest BCUT2D eigenvalue weighted by atomic mass is 9.90. The lowest BCUT2D eigenvalue weighted by Crippen LogP contribution is -2.50. The van der Waals surface area contributed by atoms with E-state index in [1.807, 2.05) is 0 Å². The predicted molar refractivity (Wildman–Crippen MR) is 102 cm³/mol. The lowest BCUT2D eigenvalue weighted by molar-refractivity contribution is -0.144. The van der Waals surface area contributed by atoms with E-state index in [-0.39, 0.29) is 5.56 Å². The fourth-order valence-electron chi connectivity index (χ4n) is 2.31. The second-order valence-corrected chi connectivity index (χ2v) is 8.32. The van der Waals surface area contributed by atoms with Gasteiger partial charge in [0.15, 0.2) is 5.54 Å². The van der Waals surface area contributed by atoms with Crippen molar-refractivity contribution in [3.8, 4) is 11.1 Å². The molecule has 0 aromatic heterocycles. The van der Waals surface area contributed by atoms with Crippen LogP contribution in [0.25, 0.3) is 11.1 Å². The number of hydrogen-bond acceptors (Lipinski definition) is 3. The van der Waals surface area contributed by atoms with Crippen LogP contribution in [-0.4, -0.2) is 27.6 Å². The molecule has 0 radical (unpaired) electrons. The van der Waals surface area contributed by atoms with Gasteiger partial charge in [-0.2, -0.15) is 0 Å². The number of carboxylic acid groups (broad SMARTS) is 1. The molecule has 0 aliphatic rings. The predicted octanol–water partition coefficient (Wildman–Crippen LogP) is 4.89. The highest BCUT2D eigenvalue weighted by molar-refractivity contribution is 6.67. The maximum absolute atomic E-state index is 14.6. The Kier molecular flexibility index (Phi) is 6.57. The number of rotatable bonds is 5. The van der Waals surface area contributed by atoms with Gasteiger partial charge in [-0.15, -0.1) is 0 Å². The average molecular weight is 435 g/mol. The molecule has 0 aliphatic carbocycles. The van der Waals surface area contributed by atoms with Crippen LogP contribution in [0, 0.1) is 5.82 Å². The van der Waals surface area contributed by atoms with Gasteiger partial charge in [0.05, 0.1) is 0 Å². The molecule has 0 heterocycles. The Balaban J connectivity index is 2.29. The number of benzene rings is 2. The first kappa shape index (κ1) is 21.3. The topological polar surface area (TPSA) is 75.6 Å². The van der Waals surface area contributed by atoms with Gasteiger partial charge < -0.3 is 15.2 Å². The number of aliphatic carboxylic acids is 1. The number of halogens is 4. The number of carboxylic acids is 1. The Labute approximate surface area is 170 Å². The second-order valence-electron chi connectivity index (χ2n) is 5.81. The maximum Gasteiger partial charge on any atom is 0.408 e. The molecule has 0 saturated carbocycles. The Morgan fingerprint density at radius 3 is 2.30 bits per heavy atom. The van der Waals surface area contributed by atoms with Gasteiger partial charge in [0.1, 0.15) is 12.4 Å². The summed E-state index contributed by atoms with van der Waals surface area (Å²) >= 11 is 16.5. The largest absolute Gasteiger partial charge is 0.479 e. The highest BCUT2D eigenvalue weighted by Crippen LogP contribution is 2.29.